The Balaban J connectivity index is 2.16. The highest BCUT2D eigenvalue weighted by Crippen LogP contribution is 2.73. The molecule has 2 fully saturated rings. The molecule has 0 aliphatic heterocycles. The van der Waals surface area contributed by atoms with Gasteiger partial charge < -0.3 is 4.42 Å². The van der Waals surface area contributed by atoms with E-state index in [0.717, 1.165) is 18.6 Å². The van der Waals surface area contributed by atoms with Gasteiger partial charge in [0.25, 0.3) is 0 Å². The highest BCUT2D eigenvalue weighted by Gasteiger charge is 2.71. The molecule has 0 saturated heterocycles. The van der Waals surface area contributed by atoms with Gasteiger partial charge >= 0.3 is 0 Å². The zero-order valence-corrected chi connectivity index (χ0v) is 10.7. The maximum Gasteiger partial charge on any atom is 0.166 e. The lowest BCUT2D eigenvalue weighted by molar-refractivity contribution is -0.366. The predicted octanol–water partition coefficient (Wildman–Crippen LogP) is 3.81. The van der Waals surface area contributed by atoms with Crippen LogP contribution in [0.4, 0.5) is 0 Å². The Morgan fingerprint density at radius 3 is 2.59 bits per heavy atom. The van der Waals surface area contributed by atoms with Crippen LogP contribution in [0, 0.1) is 16.7 Å². The van der Waals surface area contributed by atoms with E-state index in [1.165, 1.54) is 6.42 Å². The van der Waals surface area contributed by atoms with Crippen molar-refractivity contribution in [2.24, 2.45) is 16.7 Å². The van der Waals surface area contributed by atoms with Crippen LogP contribution < -0.4 is 0 Å². The molecule has 2 aliphatic carbocycles. The molecule has 3 heteroatoms. The number of hydrogen-bond acceptors (Lipinski definition) is 3. The van der Waals surface area contributed by atoms with Crippen molar-refractivity contribution in [3.8, 4) is 0 Å². The van der Waals surface area contributed by atoms with Crippen molar-refractivity contribution in [3.05, 3.63) is 24.2 Å². The van der Waals surface area contributed by atoms with E-state index in [9.17, 15) is 5.26 Å². The lowest BCUT2D eigenvalue weighted by Crippen LogP contribution is -2.46. The van der Waals surface area contributed by atoms with E-state index in [2.05, 4.69) is 20.8 Å². The fourth-order valence-electron chi connectivity index (χ4n) is 4.31. The summed E-state index contributed by atoms with van der Waals surface area (Å²) in [5.74, 6) is 1.35. The van der Waals surface area contributed by atoms with Gasteiger partial charge in [0.05, 0.1) is 6.26 Å². The first-order valence-corrected chi connectivity index (χ1v) is 6.34. The van der Waals surface area contributed by atoms with Crippen LogP contribution in [0.2, 0.25) is 0 Å². The van der Waals surface area contributed by atoms with Crippen molar-refractivity contribution in [2.45, 2.75) is 45.6 Å². The second kappa shape index (κ2) is 3.15. The topological polar surface area (TPSA) is 42.6 Å². The number of fused-ring (bicyclic) bond motifs is 2. The fourth-order valence-corrected chi connectivity index (χ4v) is 4.31. The highest BCUT2D eigenvalue weighted by atomic mass is 17.1. The Morgan fingerprint density at radius 1 is 1.41 bits per heavy atom. The standard InChI is InChI=1S/C14H20O3/c1-12(2)10-6-7-13(12,3)14(9-10,17-15)11-5-4-8-16-11/h4-5,8,10,15H,6-7,9H2,1-3H3/t10-,13-,14+/m1/s1. The Labute approximate surface area is 102 Å². The molecule has 0 radical (unpaired) electrons. The average molecular weight is 236 g/mol. The van der Waals surface area contributed by atoms with Gasteiger partial charge in [-0.1, -0.05) is 20.8 Å². The Morgan fingerprint density at radius 2 is 2.18 bits per heavy atom. The number of rotatable bonds is 2. The van der Waals surface area contributed by atoms with Gasteiger partial charge in [-0.15, -0.1) is 0 Å². The van der Waals surface area contributed by atoms with Crippen molar-refractivity contribution in [2.75, 3.05) is 0 Å². The molecule has 0 aromatic carbocycles. The summed E-state index contributed by atoms with van der Waals surface area (Å²) < 4.78 is 5.54. The van der Waals surface area contributed by atoms with Gasteiger partial charge in [-0.05, 0) is 42.7 Å². The van der Waals surface area contributed by atoms with Crippen molar-refractivity contribution < 1.29 is 14.6 Å². The van der Waals surface area contributed by atoms with Crippen LogP contribution in [0.3, 0.4) is 0 Å². The first kappa shape index (κ1) is 11.3. The molecule has 1 aromatic rings. The molecule has 3 nitrogen and oxygen atoms in total. The molecule has 1 N–H and O–H groups in total. The second-order valence-electron chi connectivity index (χ2n) is 6.39. The first-order chi connectivity index (χ1) is 7.98. The largest absolute Gasteiger partial charge is 0.466 e. The van der Waals surface area contributed by atoms with E-state index in [4.69, 9.17) is 9.30 Å². The molecule has 0 amide bonds. The first-order valence-electron chi connectivity index (χ1n) is 6.34. The predicted molar refractivity (Wildman–Crippen MR) is 63.3 cm³/mol. The summed E-state index contributed by atoms with van der Waals surface area (Å²) in [4.78, 5) is 5.02. The second-order valence-corrected chi connectivity index (χ2v) is 6.39. The third-order valence-corrected chi connectivity index (χ3v) is 5.94. The Kier molecular flexibility index (Phi) is 2.09. The SMILES string of the molecule is CC1(C)[C@@H]2CC[C@@]1(C)[C@@](OO)(c1ccco1)C2. The zero-order valence-electron chi connectivity index (χ0n) is 10.7. The number of furan rings is 1. The summed E-state index contributed by atoms with van der Waals surface area (Å²) in [5.41, 5.74) is -0.567. The highest BCUT2D eigenvalue weighted by molar-refractivity contribution is 5.26. The third kappa shape index (κ3) is 1.05. The van der Waals surface area contributed by atoms with E-state index in [1.807, 2.05) is 12.1 Å². The third-order valence-electron chi connectivity index (χ3n) is 5.94. The maximum atomic E-state index is 9.55. The molecular formula is C14H20O3. The normalized spacial score (nSPS) is 43.2. The van der Waals surface area contributed by atoms with Gasteiger partial charge in [-0.25, -0.2) is 4.89 Å². The minimum Gasteiger partial charge on any atom is -0.466 e. The van der Waals surface area contributed by atoms with Gasteiger partial charge in [0, 0.05) is 5.41 Å². The maximum absolute atomic E-state index is 9.55. The van der Waals surface area contributed by atoms with Crippen molar-refractivity contribution >= 4 is 0 Å². The number of hydrogen-bond donors (Lipinski definition) is 1. The molecule has 0 spiro atoms. The summed E-state index contributed by atoms with van der Waals surface area (Å²) >= 11 is 0. The monoisotopic (exact) mass is 236 g/mol. The lowest BCUT2D eigenvalue weighted by Gasteiger charge is -2.44. The van der Waals surface area contributed by atoms with Crippen LogP contribution in [0.15, 0.2) is 22.8 Å². The molecule has 1 heterocycles. The molecule has 17 heavy (non-hydrogen) atoms. The van der Waals surface area contributed by atoms with Crippen LogP contribution >= 0.6 is 0 Å². The summed E-state index contributed by atoms with van der Waals surface area (Å²) in [6.45, 7) is 6.79. The van der Waals surface area contributed by atoms with E-state index in [-0.39, 0.29) is 10.8 Å². The van der Waals surface area contributed by atoms with Gasteiger partial charge in [0.1, 0.15) is 5.76 Å². The molecule has 2 bridgehead atoms. The van der Waals surface area contributed by atoms with Gasteiger partial charge in [0.15, 0.2) is 5.60 Å². The van der Waals surface area contributed by atoms with E-state index < -0.39 is 5.60 Å². The molecule has 1 aromatic heterocycles. The Bertz CT molecular complexity index is 423. The van der Waals surface area contributed by atoms with Crippen LogP contribution in [0.1, 0.15) is 45.8 Å². The van der Waals surface area contributed by atoms with Crippen LogP contribution in [-0.4, -0.2) is 5.26 Å². The molecule has 3 rings (SSSR count). The van der Waals surface area contributed by atoms with Gasteiger partial charge in [-0.3, -0.25) is 5.26 Å². The summed E-state index contributed by atoms with van der Waals surface area (Å²) in [6, 6.07) is 3.77. The van der Waals surface area contributed by atoms with Crippen molar-refractivity contribution in [3.63, 3.8) is 0 Å². The molecule has 0 unspecified atom stereocenters. The van der Waals surface area contributed by atoms with Gasteiger partial charge in [0.2, 0.25) is 0 Å². The summed E-state index contributed by atoms with van der Waals surface area (Å²) in [6.07, 6.45) is 4.79. The summed E-state index contributed by atoms with van der Waals surface area (Å²) in [5, 5.41) is 9.55. The average Bonchev–Trinajstić information content (AvgIpc) is 2.93. The van der Waals surface area contributed by atoms with E-state index in [1.54, 1.807) is 6.26 Å². The van der Waals surface area contributed by atoms with Crippen molar-refractivity contribution in [1.29, 1.82) is 0 Å². The minimum atomic E-state index is -0.664. The molecule has 94 valence electrons. The van der Waals surface area contributed by atoms with E-state index >= 15 is 0 Å². The zero-order chi connectivity index (χ0) is 12.3. The van der Waals surface area contributed by atoms with Crippen molar-refractivity contribution in [1.82, 2.24) is 0 Å². The Hall–Kier alpha value is -0.800. The molecule has 3 atom stereocenters. The quantitative estimate of drug-likeness (QED) is 0.627. The lowest BCUT2D eigenvalue weighted by atomic mass is 9.63. The van der Waals surface area contributed by atoms with Gasteiger partial charge in [-0.2, -0.15) is 0 Å². The minimum absolute atomic E-state index is 0.0722. The molecule has 2 aliphatic rings. The van der Waals surface area contributed by atoms with Crippen LogP contribution in [-0.2, 0) is 10.5 Å². The van der Waals surface area contributed by atoms with Crippen LogP contribution in [0.5, 0.6) is 0 Å². The van der Waals surface area contributed by atoms with E-state index in [0.29, 0.717) is 5.92 Å². The smallest absolute Gasteiger partial charge is 0.166 e. The molecule has 2 saturated carbocycles. The van der Waals surface area contributed by atoms with Crippen LogP contribution in [0.25, 0.3) is 0 Å². The molecular weight excluding hydrogens is 216 g/mol. The summed E-state index contributed by atoms with van der Waals surface area (Å²) in [7, 11) is 0. The fraction of sp³-hybridized carbons (Fsp3) is 0.714.